The molecule has 0 saturated carbocycles. The van der Waals surface area contributed by atoms with Crippen molar-refractivity contribution in [2.24, 2.45) is 0 Å². The number of hydrogen-bond donors (Lipinski definition) is 2. The van der Waals surface area contributed by atoms with Crippen LogP contribution in [0.4, 0.5) is 0 Å². The molecule has 0 bridgehead atoms. The summed E-state index contributed by atoms with van der Waals surface area (Å²) in [6, 6.07) is -0.817. The predicted octanol–water partition coefficient (Wildman–Crippen LogP) is 22.0. The Morgan fingerprint density at radius 2 is 0.718 bits per heavy atom. The molecule has 0 rings (SSSR count). The van der Waals surface area contributed by atoms with Crippen molar-refractivity contribution in [1.82, 2.24) is 5.32 Å². The van der Waals surface area contributed by atoms with Gasteiger partial charge < -0.3 is 28.8 Å². The Morgan fingerprint density at radius 1 is 0.424 bits per heavy atom. The van der Waals surface area contributed by atoms with Crippen molar-refractivity contribution in [3.63, 3.8) is 0 Å². The van der Waals surface area contributed by atoms with E-state index in [1.54, 1.807) is 0 Å². The van der Waals surface area contributed by atoms with E-state index in [-0.39, 0.29) is 19.1 Å². The number of carbonyl (C=O) groups is 1. The number of phosphoric ester groups is 1. The second-order valence-corrected chi connectivity index (χ2v) is 25.9. The molecule has 0 aliphatic heterocycles. The van der Waals surface area contributed by atoms with E-state index in [2.05, 4.69) is 153 Å². The fourth-order valence-corrected chi connectivity index (χ4v) is 10.5. The minimum atomic E-state index is -4.59. The zero-order valence-electron chi connectivity index (χ0n) is 55.8. The highest BCUT2D eigenvalue weighted by atomic mass is 31.2. The maximum atomic E-state index is 13.1. The van der Waals surface area contributed by atoms with Gasteiger partial charge in [0.2, 0.25) is 5.91 Å². The zero-order chi connectivity index (χ0) is 61.9. The lowest BCUT2D eigenvalue weighted by Crippen LogP contribution is -2.46. The summed E-state index contributed by atoms with van der Waals surface area (Å²) in [5.41, 5.74) is 0. The molecule has 0 spiro atoms. The number of aliphatic hydroxyl groups is 1. The second kappa shape index (κ2) is 65.1. The highest BCUT2D eigenvalue weighted by Gasteiger charge is 2.24. The van der Waals surface area contributed by atoms with Crippen LogP contribution in [0.1, 0.15) is 290 Å². The third kappa shape index (κ3) is 68.0. The number of aliphatic hydroxyl groups excluding tert-OH is 1. The van der Waals surface area contributed by atoms with Crippen molar-refractivity contribution in [3.8, 4) is 0 Å². The molecule has 0 aromatic carbocycles. The zero-order valence-corrected chi connectivity index (χ0v) is 56.7. The molecule has 3 unspecified atom stereocenters. The summed E-state index contributed by atoms with van der Waals surface area (Å²) in [6.45, 7) is 4.61. The third-order valence-corrected chi connectivity index (χ3v) is 16.1. The van der Waals surface area contributed by atoms with Crippen molar-refractivity contribution in [2.75, 3.05) is 40.9 Å². The molecule has 0 fully saturated rings. The number of unbranched alkanes of at least 4 members (excludes halogenated alkanes) is 28. The Hall–Kier alpha value is -3.36. The Bertz CT molecular complexity index is 1850. The maximum absolute atomic E-state index is 13.1. The fourth-order valence-electron chi connectivity index (χ4n) is 9.75. The average Bonchev–Trinajstić information content (AvgIpc) is 3.48. The number of hydrogen-bond acceptors (Lipinski definition) is 6. The first-order valence-electron chi connectivity index (χ1n) is 35.0. The van der Waals surface area contributed by atoms with Crippen molar-refractivity contribution in [1.29, 1.82) is 0 Å². The number of nitrogens with zero attached hydrogens (tertiary/aromatic N) is 1. The molecule has 0 aromatic rings. The van der Waals surface area contributed by atoms with Crippen LogP contribution >= 0.6 is 7.82 Å². The number of rotatable bonds is 63. The molecular formula is C76H133N2O6P. The van der Waals surface area contributed by atoms with Crippen LogP contribution in [0.3, 0.4) is 0 Å². The van der Waals surface area contributed by atoms with Crippen LogP contribution in [0.15, 0.2) is 134 Å². The van der Waals surface area contributed by atoms with Gasteiger partial charge in [-0.2, -0.15) is 0 Å². The number of phosphoric acid groups is 1. The first-order valence-corrected chi connectivity index (χ1v) is 36.5. The van der Waals surface area contributed by atoms with E-state index in [9.17, 15) is 19.4 Å². The lowest BCUT2D eigenvalue weighted by molar-refractivity contribution is -0.870. The van der Waals surface area contributed by atoms with Crippen molar-refractivity contribution >= 4 is 13.7 Å². The van der Waals surface area contributed by atoms with Gasteiger partial charge in [-0.1, -0.05) is 321 Å². The van der Waals surface area contributed by atoms with Crippen LogP contribution in [-0.2, 0) is 18.4 Å². The molecule has 0 saturated heterocycles. The highest BCUT2D eigenvalue weighted by molar-refractivity contribution is 7.45. The van der Waals surface area contributed by atoms with E-state index >= 15 is 0 Å². The summed E-state index contributed by atoms with van der Waals surface area (Å²) < 4.78 is 23.5. The minimum absolute atomic E-state index is 0.00409. The molecular weight excluding hydrogens is 1070 g/mol. The van der Waals surface area contributed by atoms with E-state index in [0.717, 1.165) is 122 Å². The molecule has 0 heterocycles. The van der Waals surface area contributed by atoms with Crippen LogP contribution in [0.25, 0.3) is 0 Å². The molecule has 1 amide bonds. The number of allylic oxidation sites excluding steroid dienone is 22. The van der Waals surface area contributed by atoms with E-state index in [0.29, 0.717) is 23.9 Å². The molecule has 8 nitrogen and oxygen atoms in total. The topological polar surface area (TPSA) is 108 Å². The summed E-state index contributed by atoms with van der Waals surface area (Å²) in [7, 11) is 1.29. The molecule has 85 heavy (non-hydrogen) atoms. The van der Waals surface area contributed by atoms with Gasteiger partial charge in [-0.05, 0) is 96.3 Å². The van der Waals surface area contributed by atoms with Crippen LogP contribution in [0.5, 0.6) is 0 Å². The Labute approximate surface area is 526 Å². The van der Waals surface area contributed by atoms with E-state index in [1.165, 1.54) is 141 Å². The lowest BCUT2D eigenvalue weighted by atomic mass is 10.0. The SMILES string of the molecule is CC/C=C\C/C=C\C/C=C\C/C=C\C/C=C\C/C=C\C/C=C\C/C=C\C/C=C\C/C=C\C/C=C\CCCCCCCCCC(=O)NC(COP(=O)([O-])OCC[N+](C)(C)C)C(O)CCCCCCCCCCCCCCCCCCCCCCCC. The van der Waals surface area contributed by atoms with Gasteiger partial charge in [0, 0.05) is 6.42 Å². The van der Waals surface area contributed by atoms with Gasteiger partial charge in [0.25, 0.3) is 7.82 Å². The van der Waals surface area contributed by atoms with Gasteiger partial charge in [0.1, 0.15) is 13.2 Å². The molecule has 3 atom stereocenters. The quantitative estimate of drug-likeness (QED) is 0.0272. The second-order valence-electron chi connectivity index (χ2n) is 24.5. The first kappa shape index (κ1) is 81.6. The standard InChI is InChI=1S/C76H133N2O6P/c1-6-8-10-12-14-16-18-20-22-24-26-28-30-31-32-33-34-35-36-37-38-39-40-41-42-43-44-45-46-47-48-50-52-54-56-58-60-62-64-66-68-70-76(80)77-74(73-84-85(81,82)83-72-71-78(3,4)5)75(79)69-67-65-63-61-59-57-55-53-51-49-29-27-25-23-21-19-17-15-13-11-9-7-2/h8,10,14,16,20,22,26,28,31-32,34-35,37-38,40-41,43-44,46-47,50,52,74-75,79H,6-7,9,11-13,15,17-19,21,23-25,27,29-30,33,36,39,42,45,48-49,51,53-73H2,1-5H3,(H-,77,80,81,82)/b10-8-,16-14-,22-20-,28-26-,32-31-,35-34-,38-37-,41-40-,44-43-,47-46-,52-50-. The fraction of sp³-hybridized carbons (Fsp3) is 0.697. The minimum Gasteiger partial charge on any atom is -0.756 e. The predicted molar refractivity (Wildman–Crippen MR) is 371 cm³/mol. The largest absolute Gasteiger partial charge is 0.756 e. The maximum Gasteiger partial charge on any atom is 0.268 e. The highest BCUT2D eigenvalue weighted by Crippen LogP contribution is 2.38. The summed E-state index contributed by atoms with van der Waals surface area (Å²) >= 11 is 0. The third-order valence-electron chi connectivity index (χ3n) is 15.2. The Balaban J connectivity index is 4.12. The number of nitrogens with one attached hydrogen (secondary N) is 1. The number of amides is 1. The number of likely N-dealkylation sites (N-methyl/N-ethyl adjacent to an activating group) is 1. The molecule has 0 radical (unpaired) electrons. The van der Waals surface area contributed by atoms with Crippen LogP contribution < -0.4 is 10.2 Å². The van der Waals surface area contributed by atoms with Gasteiger partial charge >= 0.3 is 0 Å². The monoisotopic (exact) mass is 1200 g/mol. The molecule has 0 aliphatic carbocycles. The Kier molecular flexibility index (Phi) is 62.5. The van der Waals surface area contributed by atoms with Crippen molar-refractivity contribution < 1.29 is 32.9 Å². The van der Waals surface area contributed by atoms with E-state index in [1.807, 2.05) is 21.1 Å². The van der Waals surface area contributed by atoms with Gasteiger partial charge in [0.15, 0.2) is 0 Å². The van der Waals surface area contributed by atoms with Crippen LogP contribution in [0, 0.1) is 0 Å². The molecule has 9 heteroatoms. The van der Waals surface area contributed by atoms with Crippen molar-refractivity contribution in [3.05, 3.63) is 134 Å². The smallest absolute Gasteiger partial charge is 0.268 e. The first-order chi connectivity index (χ1) is 41.5. The number of carbonyl (C=O) groups excluding carboxylic acids is 1. The van der Waals surface area contributed by atoms with E-state index < -0.39 is 20.0 Å². The molecule has 0 aromatic heterocycles. The van der Waals surface area contributed by atoms with Crippen LogP contribution in [-0.4, -0.2) is 68.5 Å². The number of quaternary nitrogens is 1. The summed E-state index contributed by atoms with van der Waals surface area (Å²) in [5, 5.41) is 14.1. The van der Waals surface area contributed by atoms with Gasteiger partial charge in [-0.25, -0.2) is 0 Å². The average molecular weight is 1200 g/mol. The lowest BCUT2D eigenvalue weighted by Gasteiger charge is -2.30. The summed E-state index contributed by atoms with van der Waals surface area (Å²) in [6.07, 6.45) is 98.0. The van der Waals surface area contributed by atoms with Gasteiger partial charge in [-0.15, -0.1) is 0 Å². The van der Waals surface area contributed by atoms with Crippen molar-refractivity contribution in [2.45, 2.75) is 302 Å². The molecule has 2 N–H and O–H groups in total. The summed E-state index contributed by atoms with van der Waals surface area (Å²) in [4.78, 5) is 25.7. The Morgan fingerprint density at radius 3 is 1.05 bits per heavy atom. The molecule has 0 aliphatic rings. The molecule has 488 valence electrons. The summed E-state index contributed by atoms with van der Waals surface area (Å²) in [5.74, 6) is -0.178. The van der Waals surface area contributed by atoms with Crippen LogP contribution in [0.2, 0.25) is 0 Å². The van der Waals surface area contributed by atoms with Gasteiger partial charge in [0.05, 0.1) is 39.9 Å². The van der Waals surface area contributed by atoms with Gasteiger partial charge in [-0.3, -0.25) is 9.36 Å². The van der Waals surface area contributed by atoms with E-state index in [4.69, 9.17) is 9.05 Å². The normalized spacial score (nSPS) is 14.5.